The van der Waals surface area contributed by atoms with Gasteiger partial charge in [0, 0.05) is 27.9 Å². The smallest absolute Gasteiger partial charge is 0.311 e. The van der Waals surface area contributed by atoms with E-state index in [-0.39, 0.29) is 16.9 Å². The summed E-state index contributed by atoms with van der Waals surface area (Å²) in [6.45, 7) is 0.486. The summed E-state index contributed by atoms with van der Waals surface area (Å²) >= 11 is 9.46. The lowest BCUT2D eigenvalue weighted by atomic mass is 9.76. The number of nitro groups is 1. The maximum absolute atomic E-state index is 11.0. The van der Waals surface area contributed by atoms with Crippen LogP contribution >= 0.6 is 27.5 Å². The lowest BCUT2D eigenvalue weighted by molar-refractivity contribution is -0.386. The van der Waals surface area contributed by atoms with E-state index in [2.05, 4.69) is 15.9 Å². The van der Waals surface area contributed by atoms with Crippen molar-refractivity contribution >= 4 is 33.2 Å². The Kier molecular flexibility index (Phi) is 5.27. The summed E-state index contributed by atoms with van der Waals surface area (Å²) in [7, 11) is 0. The second kappa shape index (κ2) is 6.76. The Morgan fingerprint density at radius 3 is 2.65 bits per heavy atom. The van der Waals surface area contributed by atoms with Gasteiger partial charge < -0.3 is 4.74 Å². The van der Waals surface area contributed by atoms with Crippen molar-refractivity contribution in [2.45, 2.75) is 32.1 Å². The van der Waals surface area contributed by atoms with Gasteiger partial charge in [-0.05, 0) is 18.9 Å². The first-order chi connectivity index (χ1) is 9.56. The van der Waals surface area contributed by atoms with Crippen LogP contribution in [0.5, 0.6) is 5.75 Å². The molecule has 1 saturated carbocycles. The van der Waals surface area contributed by atoms with Crippen molar-refractivity contribution in [2.75, 3.05) is 11.9 Å². The quantitative estimate of drug-likeness (QED) is 0.422. The molecule has 6 heteroatoms. The zero-order valence-electron chi connectivity index (χ0n) is 11.1. The van der Waals surface area contributed by atoms with E-state index >= 15 is 0 Å². The van der Waals surface area contributed by atoms with Crippen molar-refractivity contribution in [2.24, 2.45) is 5.41 Å². The van der Waals surface area contributed by atoms with E-state index < -0.39 is 4.92 Å². The minimum atomic E-state index is -0.437. The molecule has 1 aliphatic carbocycles. The third-order valence-corrected chi connectivity index (χ3v) is 5.27. The first-order valence-corrected chi connectivity index (χ1v) is 8.19. The van der Waals surface area contributed by atoms with Gasteiger partial charge in [0.15, 0.2) is 5.75 Å². The average Bonchev–Trinajstić information content (AvgIpc) is 2.46. The number of hydrogen-bond donors (Lipinski definition) is 0. The normalized spacial score (nSPS) is 17.7. The summed E-state index contributed by atoms with van der Waals surface area (Å²) in [4.78, 5) is 10.6. The standard InChI is InChI=1S/C14H17BrClNO3/c15-9-14(6-2-1-3-7-14)10-20-13-8-11(16)4-5-12(13)17(18)19/h4-5,8H,1-3,6-7,9-10H2. The van der Waals surface area contributed by atoms with Gasteiger partial charge in [-0.15, -0.1) is 0 Å². The first-order valence-electron chi connectivity index (χ1n) is 6.69. The number of halogens is 2. The Bertz CT molecular complexity index is 489. The molecular formula is C14H17BrClNO3. The molecule has 4 nitrogen and oxygen atoms in total. The number of nitro benzene ring substituents is 1. The molecule has 0 radical (unpaired) electrons. The highest BCUT2D eigenvalue weighted by Crippen LogP contribution is 2.39. The summed E-state index contributed by atoms with van der Waals surface area (Å²) < 4.78 is 5.76. The van der Waals surface area contributed by atoms with E-state index in [0.29, 0.717) is 11.6 Å². The topological polar surface area (TPSA) is 52.4 Å². The fraction of sp³-hybridized carbons (Fsp3) is 0.571. The van der Waals surface area contributed by atoms with Crippen LogP contribution in [0.3, 0.4) is 0 Å². The molecule has 0 heterocycles. The molecule has 0 saturated heterocycles. The zero-order chi connectivity index (χ0) is 14.6. The van der Waals surface area contributed by atoms with Crippen molar-refractivity contribution in [1.82, 2.24) is 0 Å². The molecule has 0 spiro atoms. The Hall–Kier alpha value is -0.810. The molecule has 20 heavy (non-hydrogen) atoms. The zero-order valence-corrected chi connectivity index (χ0v) is 13.5. The summed E-state index contributed by atoms with van der Waals surface area (Å²) in [5.41, 5.74) is 0.0453. The van der Waals surface area contributed by atoms with Crippen molar-refractivity contribution in [1.29, 1.82) is 0 Å². The second-order valence-electron chi connectivity index (χ2n) is 5.35. The number of alkyl halides is 1. The van der Waals surface area contributed by atoms with Gasteiger partial charge in [0.05, 0.1) is 11.5 Å². The average molecular weight is 363 g/mol. The van der Waals surface area contributed by atoms with Crippen LogP contribution < -0.4 is 4.74 Å². The molecular weight excluding hydrogens is 346 g/mol. The molecule has 0 amide bonds. The number of hydrogen-bond acceptors (Lipinski definition) is 3. The van der Waals surface area contributed by atoms with Crippen LogP contribution in [0, 0.1) is 15.5 Å². The van der Waals surface area contributed by atoms with Crippen LogP contribution in [0.15, 0.2) is 18.2 Å². The predicted molar refractivity (Wildman–Crippen MR) is 82.9 cm³/mol. The van der Waals surface area contributed by atoms with Gasteiger partial charge in [0.25, 0.3) is 0 Å². The van der Waals surface area contributed by atoms with Crippen LogP contribution in [-0.2, 0) is 0 Å². The Morgan fingerprint density at radius 2 is 2.05 bits per heavy atom. The number of ether oxygens (including phenoxy) is 1. The van der Waals surface area contributed by atoms with Gasteiger partial charge in [-0.1, -0.05) is 46.8 Å². The van der Waals surface area contributed by atoms with Crippen LogP contribution in [0.1, 0.15) is 32.1 Å². The van der Waals surface area contributed by atoms with Crippen molar-refractivity contribution in [3.05, 3.63) is 33.3 Å². The molecule has 1 aromatic rings. The SMILES string of the molecule is O=[N+]([O-])c1ccc(Cl)cc1OCC1(CBr)CCCCC1. The Morgan fingerprint density at radius 1 is 1.35 bits per heavy atom. The second-order valence-corrected chi connectivity index (χ2v) is 6.35. The lowest BCUT2D eigenvalue weighted by Crippen LogP contribution is -2.32. The van der Waals surface area contributed by atoms with E-state index in [1.165, 1.54) is 37.5 Å². The molecule has 1 fully saturated rings. The summed E-state index contributed by atoms with van der Waals surface area (Å²) in [6, 6.07) is 4.41. The van der Waals surface area contributed by atoms with Gasteiger partial charge in [-0.2, -0.15) is 0 Å². The number of rotatable bonds is 5. The monoisotopic (exact) mass is 361 g/mol. The summed E-state index contributed by atoms with van der Waals surface area (Å²) in [5.74, 6) is 0.258. The third-order valence-electron chi connectivity index (χ3n) is 3.85. The van der Waals surface area contributed by atoms with Gasteiger partial charge >= 0.3 is 5.69 Å². The fourth-order valence-electron chi connectivity index (χ4n) is 2.60. The van der Waals surface area contributed by atoms with Crippen LogP contribution in [0.25, 0.3) is 0 Å². The first kappa shape index (κ1) is 15.6. The number of benzene rings is 1. The molecule has 0 aliphatic heterocycles. The molecule has 110 valence electrons. The van der Waals surface area contributed by atoms with Gasteiger partial charge in [-0.3, -0.25) is 10.1 Å². The van der Waals surface area contributed by atoms with Crippen LogP contribution in [0.2, 0.25) is 5.02 Å². The van der Waals surface area contributed by atoms with E-state index in [4.69, 9.17) is 16.3 Å². The predicted octanol–water partition coefficient (Wildman–Crippen LogP) is 4.97. The minimum absolute atomic E-state index is 0.0325. The summed E-state index contributed by atoms with van der Waals surface area (Å²) in [6.07, 6.45) is 5.81. The Labute approximate surface area is 131 Å². The third kappa shape index (κ3) is 3.64. The molecule has 0 unspecified atom stereocenters. The molecule has 0 atom stereocenters. The largest absolute Gasteiger partial charge is 0.486 e. The van der Waals surface area contributed by atoms with E-state index in [1.807, 2.05) is 0 Å². The highest BCUT2D eigenvalue weighted by atomic mass is 79.9. The molecule has 1 aliphatic rings. The van der Waals surface area contributed by atoms with Gasteiger partial charge in [0.2, 0.25) is 0 Å². The Balaban J connectivity index is 2.13. The van der Waals surface area contributed by atoms with E-state index in [0.717, 1.165) is 18.2 Å². The van der Waals surface area contributed by atoms with Gasteiger partial charge in [0.1, 0.15) is 0 Å². The summed E-state index contributed by atoms with van der Waals surface area (Å²) in [5, 5.41) is 12.3. The highest BCUT2D eigenvalue weighted by molar-refractivity contribution is 9.09. The lowest BCUT2D eigenvalue weighted by Gasteiger charge is -2.35. The maximum Gasteiger partial charge on any atom is 0.311 e. The maximum atomic E-state index is 11.0. The van der Waals surface area contributed by atoms with Crippen molar-refractivity contribution in [3.8, 4) is 5.75 Å². The molecule has 2 rings (SSSR count). The van der Waals surface area contributed by atoms with Crippen molar-refractivity contribution in [3.63, 3.8) is 0 Å². The van der Waals surface area contributed by atoms with E-state index in [1.54, 1.807) is 0 Å². The fourth-order valence-corrected chi connectivity index (χ4v) is 3.49. The highest BCUT2D eigenvalue weighted by Gasteiger charge is 2.32. The number of nitrogens with zero attached hydrogens (tertiary/aromatic N) is 1. The molecule has 0 aromatic heterocycles. The molecule has 0 bridgehead atoms. The van der Waals surface area contributed by atoms with Crippen LogP contribution in [0.4, 0.5) is 5.69 Å². The van der Waals surface area contributed by atoms with Crippen molar-refractivity contribution < 1.29 is 9.66 Å². The minimum Gasteiger partial charge on any atom is -0.486 e. The molecule has 1 aromatic carbocycles. The van der Waals surface area contributed by atoms with Crippen LogP contribution in [-0.4, -0.2) is 16.9 Å². The molecule has 0 N–H and O–H groups in total. The van der Waals surface area contributed by atoms with Gasteiger partial charge in [-0.25, -0.2) is 0 Å². The van der Waals surface area contributed by atoms with E-state index in [9.17, 15) is 10.1 Å².